The van der Waals surface area contributed by atoms with E-state index in [-0.39, 0.29) is 24.4 Å². The lowest BCUT2D eigenvalue weighted by Crippen LogP contribution is -2.47. The first kappa shape index (κ1) is 21.2. The zero-order valence-electron chi connectivity index (χ0n) is 17.8. The molecule has 3 heterocycles. The molecule has 3 aromatic rings. The third-order valence-electron chi connectivity index (χ3n) is 5.77. The average Bonchev–Trinajstić information content (AvgIpc) is 3.13. The van der Waals surface area contributed by atoms with Crippen molar-refractivity contribution >= 4 is 33.2 Å². The van der Waals surface area contributed by atoms with Crippen LogP contribution in [0.25, 0.3) is 10.1 Å². The molecule has 8 heteroatoms. The Kier molecular flexibility index (Phi) is 6.18. The lowest BCUT2D eigenvalue weighted by Gasteiger charge is -2.36. The fraction of sp³-hybridized carbons (Fsp3) is 0.391. The van der Waals surface area contributed by atoms with Gasteiger partial charge in [0, 0.05) is 43.8 Å². The summed E-state index contributed by atoms with van der Waals surface area (Å²) >= 11 is 1.51. The monoisotopic (exact) mass is 438 g/mol. The second-order valence-electron chi connectivity index (χ2n) is 8.08. The molecule has 1 aliphatic heterocycles. The Bertz CT molecular complexity index is 1170. The number of aromatic nitrogens is 2. The molecule has 2 amide bonds. The number of fused-ring (bicyclic) bond motifs is 1. The molecule has 1 aromatic carbocycles. The highest BCUT2D eigenvalue weighted by atomic mass is 32.1. The second-order valence-corrected chi connectivity index (χ2v) is 9.13. The molecule has 0 bridgehead atoms. The van der Waals surface area contributed by atoms with Crippen molar-refractivity contribution in [3.63, 3.8) is 0 Å². The SMILES string of the molecule is CN(C)C(=O)c1sc2ccccc2c1C[C@@H]1CCCCN1C(=O)Cn1cccnc1=O. The van der Waals surface area contributed by atoms with Crippen LogP contribution in [0, 0.1) is 0 Å². The molecule has 1 atom stereocenters. The fourth-order valence-corrected chi connectivity index (χ4v) is 5.45. The zero-order valence-corrected chi connectivity index (χ0v) is 18.6. The lowest BCUT2D eigenvalue weighted by atomic mass is 9.93. The predicted molar refractivity (Wildman–Crippen MR) is 121 cm³/mol. The van der Waals surface area contributed by atoms with Gasteiger partial charge in [0.1, 0.15) is 6.54 Å². The molecule has 7 nitrogen and oxygen atoms in total. The molecule has 0 radical (unpaired) electrons. The van der Waals surface area contributed by atoms with E-state index in [0.717, 1.165) is 39.8 Å². The highest BCUT2D eigenvalue weighted by Crippen LogP contribution is 2.34. The van der Waals surface area contributed by atoms with Crippen LogP contribution in [0.5, 0.6) is 0 Å². The van der Waals surface area contributed by atoms with E-state index in [0.29, 0.717) is 13.0 Å². The molecule has 0 spiro atoms. The van der Waals surface area contributed by atoms with Gasteiger partial charge in [-0.05, 0) is 48.8 Å². The summed E-state index contributed by atoms with van der Waals surface area (Å²) in [5.74, 6) is -0.0911. The normalized spacial score (nSPS) is 16.5. The fourth-order valence-electron chi connectivity index (χ4n) is 4.20. The largest absolute Gasteiger partial charge is 0.347 e. The smallest absolute Gasteiger partial charge is 0.344 e. The van der Waals surface area contributed by atoms with Crippen molar-refractivity contribution in [1.29, 1.82) is 0 Å². The summed E-state index contributed by atoms with van der Waals surface area (Å²) in [7, 11) is 3.52. The summed E-state index contributed by atoms with van der Waals surface area (Å²) in [6.45, 7) is 0.647. The van der Waals surface area contributed by atoms with Crippen molar-refractivity contribution in [3.8, 4) is 0 Å². The Hall–Kier alpha value is -3.00. The Morgan fingerprint density at radius 1 is 1.19 bits per heavy atom. The van der Waals surface area contributed by atoms with Crippen LogP contribution >= 0.6 is 11.3 Å². The van der Waals surface area contributed by atoms with Gasteiger partial charge in [-0.25, -0.2) is 9.78 Å². The third kappa shape index (κ3) is 4.39. The number of benzene rings is 1. The van der Waals surface area contributed by atoms with Crippen LogP contribution in [-0.2, 0) is 17.8 Å². The Balaban J connectivity index is 1.64. The number of thiophene rings is 1. The molecule has 0 N–H and O–H groups in total. The van der Waals surface area contributed by atoms with Gasteiger partial charge in [-0.1, -0.05) is 18.2 Å². The molecule has 0 aliphatic carbocycles. The number of carbonyl (C=O) groups excluding carboxylic acids is 2. The number of carbonyl (C=O) groups is 2. The van der Waals surface area contributed by atoms with E-state index in [1.165, 1.54) is 22.1 Å². The maximum absolute atomic E-state index is 13.1. The van der Waals surface area contributed by atoms with Crippen molar-refractivity contribution in [2.24, 2.45) is 0 Å². The van der Waals surface area contributed by atoms with Gasteiger partial charge in [-0.2, -0.15) is 0 Å². The molecular formula is C23H26N4O3S. The van der Waals surface area contributed by atoms with E-state index in [9.17, 15) is 14.4 Å². The first-order valence-electron chi connectivity index (χ1n) is 10.5. The van der Waals surface area contributed by atoms with Crippen LogP contribution in [0.2, 0.25) is 0 Å². The number of hydrogen-bond donors (Lipinski definition) is 0. The highest BCUT2D eigenvalue weighted by Gasteiger charge is 2.30. The van der Waals surface area contributed by atoms with Crippen LogP contribution < -0.4 is 5.69 Å². The first-order chi connectivity index (χ1) is 15.0. The standard InChI is InChI=1S/C23H26N4O3S/c1-25(2)22(29)21-18(17-9-3-4-10-19(17)31-21)14-16-8-5-6-13-27(16)20(28)15-26-12-7-11-24-23(26)30/h3-4,7,9-12,16H,5-6,8,13-15H2,1-2H3/t16-/m0/s1. The first-order valence-corrected chi connectivity index (χ1v) is 11.3. The number of amides is 2. The van der Waals surface area contributed by atoms with Gasteiger partial charge in [-0.15, -0.1) is 11.3 Å². The predicted octanol–water partition coefficient (Wildman–Crippen LogP) is 2.78. The average molecular weight is 439 g/mol. The van der Waals surface area contributed by atoms with Crippen LogP contribution in [0.4, 0.5) is 0 Å². The molecular weight excluding hydrogens is 412 g/mol. The number of rotatable bonds is 5. The number of nitrogens with zero attached hydrogens (tertiary/aromatic N) is 4. The maximum Gasteiger partial charge on any atom is 0.347 e. The van der Waals surface area contributed by atoms with Gasteiger partial charge < -0.3 is 9.80 Å². The van der Waals surface area contributed by atoms with Crippen molar-refractivity contribution in [1.82, 2.24) is 19.4 Å². The van der Waals surface area contributed by atoms with Crippen LogP contribution in [0.3, 0.4) is 0 Å². The summed E-state index contributed by atoms with van der Waals surface area (Å²) < 4.78 is 2.42. The van der Waals surface area contributed by atoms with Crippen molar-refractivity contribution in [3.05, 3.63) is 63.7 Å². The minimum absolute atomic E-state index is 0.000317. The Labute approximate surface area is 184 Å². The summed E-state index contributed by atoms with van der Waals surface area (Å²) in [6, 6.07) is 9.71. The maximum atomic E-state index is 13.1. The molecule has 0 saturated carbocycles. The minimum atomic E-state index is -0.424. The summed E-state index contributed by atoms with van der Waals surface area (Å²) in [5, 5.41) is 1.08. The molecule has 4 rings (SSSR count). The van der Waals surface area contributed by atoms with E-state index in [1.807, 2.05) is 23.1 Å². The number of likely N-dealkylation sites (tertiary alicyclic amines) is 1. The lowest BCUT2D eigenvalue weighted by molar-refractivity contribution is -0.135. The van der Waals surface area contributed by atoms with Gasteiger partial charge in [-0.3, -0.25) is 14.2 Å². The van der Waals surface area contributed by atoms with Gasteiger partial charge in [0.25, 0.3) is 5.91 Å². The van der Waals surface area contributed by atoms with E-state index < -0.39 is 5.69 Å². The van der Waals surface area contributed by atoms with Gasteiger partial charge >= 0.3 is 5.69 Å². The summed E-state index contributed by atoms with van der Waals surface area (Å²) in [6.07, 6.45) is 6.52. The van der Waals surface area contributed by atoms with Crippen LogP contribution in [0.1, 0.15) is 34.5 Å². The molecule has 1 fully saturated rings. The van der Waals surface area contributed by atoms with E-state index in [4.69, 9.17) is 0 Å². The third-order valence-corrected chi connectivity index (χ3v) is 6.98. The van der Waals surface area contributed by atoms with E-state index in [2.05, 4.69) is 11.1 Å². The second kappa shape index (κ2) is 9.01. The molecule has 0 unspecified atom stereocenters. The van der Waals surface area contributed by atoms with Crippen LogP contribution in [0.15, 0.2) is 47.5 Å². The number of hydrogen-bond acceptors (Lipinski definition) is 5. The van der Waals surface area contributed by atoms with E-state index in [1.54, 1.807) is 31.3 Å². The van der Waals surface area contributed by atoms with Crippen molar-refractivity contribution in [2.75, 3.05) is 20.6 Å². The van der Waals surface area contributed by atoms with Crippen molar-refractivity contribution < 1.29 is 9.59 Å². The zero-order chi connectivity index (χ0) is 22.0. The molecule has 31 heavy (non-hydrogen) atoms. The minimum Gasteiger partial charge on any atom is -0.344 e. The molecule has 2 aromatic heterocycles. The Morgan fingerprint density at radius 2 is 2.00 bits per heavy atom. The van der Waals surface area contributed by atoms with Crippen molar-refractivity contribution in [2.45, 2.75) is 38.3 Å². The molecule has 162 valence electrons. The topological polar surface area (TPSA) is 75.5 Å². The van der Waals surface area contributed by atoms with Gasteiger partial charge in [0.2, 0.25) is 5.91 Å². The molecule has 1 aliphatic rings. The van der Waals surface area contributed by atoms with E-state index >= 15 is 0 Å². The summed E-state index contributed by atoms with van der Waals surface area (Å²) in [5.41, 5.74) is 0.592. The summed E-state index contributed by atoms with van der Waals surface area (Å²) in [4.78, 5) is 45.9. The quantitative estimate of drug-likeness (QED) is 0.614. The van der Waals surface area contributed by atoms with Gasteiger partial charge in [0.05, 0.1) is 4.88 Å². The van der Waals surface area contributed by atoms with Crippen LogP contribution in [-0.4, -0.2) is 57.8 Å². The Morgan fingerprint density at radius 3 is 2.77 bits per heavy atom. The highest BCUT2D eigenvalue weighted by molar-refractivity contribution is 7.21. The molecule has 1 saturated heterocycles. The number of piperidine rings is 1. The van der Waals surface area contributed by atoms with Gasteiger partial charge in [0.15, 0.2) is 0 Å².